The standard InChI is InChI=1S/C25H18FN3O2/c26-23-7-3-1-5-17(23)15-29-16-19(22-6-2-4-8-24(22)29)13-18(14-27)25(31)28-20-9-11-21(30)12-10-20/h1-13,16,30H,15H2,(H,28,31)/b18-13+. The number of phenolic OH excluding ortho intramolecular Hbond substituents is 1. The van der Waals surface area contributed by atoms with Crippen molar-refractivity contribution in [2.45, 2.75) is 6.54 Å². The molecule has 0 saturated heterocycles. The minimum absolute atomic E-state index is 0.0677. The fourth-order valence-corrected chi connectivity index (χ4v) is 3.38. The van der Waals surface area contributed by atoms with Crippen LogP contribution in [0.5, 0.6) is 5.75 Å². The average molecular weight is 411 g/mol. The zero-order valence-corrected chi connectivity index (χ0v) is 16.4. The summed E-state index contributed by atoms with van der Waals surface area (Å²) in [4.78, 5) is 12.6. The number of benzene rings is 3. The molecule has 0 bridgehead atoms. The number of aromatic hydroxyl groups is 1. The number of nitriles is 1. The van der Waals surface area contributed by atoms with E-state index in [4.69, 9.17) is 0 Å². The first-order valence-electron chi connectivity index (χ1n) is 9.58. The highest BCUT2D eigenvalue weighted by Gasteiger charge is 2.13. The number of carbonyl (C=O) groups is 1. The van der Waals surface area contributed by atoms with Crippen LogP contribution in [0.1, 0.15) is 11.1 Å². The molecule has 0 spiro atoms. The number of fused-ring (bicyclic) bond motifs is 1. The molecule has 0 aliphatic carbocycles. The minimum Gasteiger partial charge on any atom is -0.508 e. The number of nitrogens with one attached hydrogen (secondary N) is 1. The Morgan fingerprint density at radius 3 is 2.52 bits per heavy atom. The van der Waals surface area contributed by atoms with Gasteiger partial charge in [0.15, 0.2) is 0 Å². The predicted molar refractivity (Wildman–Crippen MR) is 118 cm³/mol. The number of carbonyl (C=O) groups excluding carboxylic acids is 1. The first-order chi connectivity index (χ1) is 15.0. The molecule has 1 aromatic heterocycles. The molecule has 3 aromatic carbocycles. The minimum atomic E-state index is -0.556. The second kappa shape index (κ2) is 8.56. The molecule has 1 amide bonds. The van der Waals surface area contributed by atoms with E-state index < -0.39 is 5.91 Å². The summed E-state index contributed by atoms with van der Waals surface area (Å²) in [5, 5.41) is 22.4. The third-order valence-electron chi connectivity index (χ3n) is 4.91. The van der Waals surface area contributed by atoms with E-state index in [0.717, 1.165) is 10.9 Å². The zero-order chi connectivity index (χ0) is 21.8. The van der Waals surface area contributed by atoms with Gasteiger partial charge in [-0.3, -0.25) is 4.79 Å². The highest BCUT2D eigenvalue weighted by atomic mass is 19.1. The van der Waals surface area contributed by atoms with Gasteiger partial charge in [-0.1, -0.05) is 36.4 Å². The van der Waals surface area contributed by atoms with Crippen LogP contribution >= 0.6 is 0 Å². The smallest absolute Gasteiger partial charge is 0.266 e. The van der Waals surface area contributed by atoms with Crippen molar-refractivity contribution in [1.82, 2.24) is 4.57 Å². The molecular weight excluding hydrogens is 393 g/mol. The lowest BCUT2D eigenvalue weighted by Crippen LogP contribution is -2.13. The molecule has 5 nitrogen and oxygen atoms in total. The van der Waals surface area contributed by atoms with Gasteiger partial charge in [-0.05, 0) is 42.5 Å². The van der Waals surface area contributed by atoms with Crippen molar-refractivity contribution in [2.24, 2.45) is 0 Å². The Morgan fingerprint density at radius 2 is 1.77 bits per heavy atom. The number of hydrogen-bond acceptors (Lipinski definition) is 3. The number of nitrogens with zero attached hydrogens (tertiary/aromatic N) is 2. The van der Waals surface area contributed by atoms with E-state index >= 15 is 0 Å². The topological polar surface area (TPSA) is 78.0 Å². The van der Waals surface area contributed by atoms with E-state index in [9.17, 15) is 19.6 Å². The maximum atomic E-state index is 14.1. The quantitative estimate of drug-likeness (QED) is 0.273. The van der Waals surface area contributed by atoms with Crippen molar-refractivity contribution in [2.75, 3.05) is 5.32 Å². The number of phenols is 1. The molecule has 0 unspecified atom stereocenters. The average Bonchev–Trinajstić information content (AvgIpc) is 3.12. The monoisotopic (exact) mass is 411 g/mol. The van der Waals surface area contributed by atoms with Gasteiger partial charge in [0.2, 0.25) is 0 Å². The summed E-state index contributed by atoms with van der Waals surface area (Å²) in [5.41, 5.74) is 2.50. The van der Waals surface area contributed by atoms with Gasteiger partial charge in [0.1, 0.15) is 23.2 Å². The van der Waals surface area contributed by atoms with E-state index in [2.05, 4.69) is 5.32 Å². The van der Waals surface area contributed by atoms with Crippen molar-refractivity contribution in [1.29, 1.82) is 5.26 Å². The number of para-hydroxylation sites is 1. The van der Waals surface area contributed by atoms with Crippen molar-refractivity contribution >= 4 is 28.6 Å². The van der Waals surface area contributed by atoms with Crippen LogP contribution in [-0.2, 0) is 11.3 Å². The molecule has 4 aromatic rings. The fourth-order valence-electron chi connectivity index (χ4n) is 3.38. The summed E-state index contributed by atoms with van der Waals surface area (Å²) in [6.07, 6.45) is 3.33. The fraction of sp³-hybridized carbons (Fsp3) is 0.0400. The maximum absolute atomic E-state index is 14.1. The molecule has 152 valence electrons. The van der Waals surface area contributed by atoms with Gasteiger partial charge in [-0.15, -0.1) is 0 Å². The Balaban J connectivity index is 1.68. The van der Waals surface area contributed by atoms with Gasteiger partial charge < -0.3 is 15.0 Å². The van der Waals surface area contributed by atoms with Crippen LogP contribution in [-0.4, -0.2) is 15.6 Å². The van der Waals surface area contributed by atoms with E-state index in [1.807, 2.05) is 41.1 Å². The third-order valence-corrected chi connectivity index (χ3v) is 4.91. The summed E-state index contributed by atoms with van der Waals surface area (Å²) >= 11 is 0. The van der Waals surface area contributed by atoms with Crippen molar-refractivity contribution < 1.29 is 14.3 Å². The molecule has 2 N–H and O–H groups in total. The molecule has 0 atom stereocenters. The summed E-state index contributed by atoms with van der Waals surface area (Å²) in [5.74, 6) is -0.765. The summed E-state index contributed by atoms with van der Waals surface area (Å²) in [6.45, 7) is 0.322. The van der Waals surface area contributed by atoms with Crippen LogP contribution in [0, 0.1) is 17.1 Å². The van der Waals surface area contributed by atoms with E-state index in [0.29, 0.717) is 23.4 Å². The molecular formula is C25H18FN3O2. The number of rotatable bonds is 5. The summed E-state index contributed by atoms with van der Waals surface area (Å²) in [7, 11) is 0. The maximum Gasteiger partial charge on any atom is 0.266 e. The lowest BCUT2D eigenvalue weighted by molar-refractivity contribution is -0.112. The van der Waals surface area contributed by atoms with Crippen molar-refractivity contribution in [3.05, 3.63) is 102 Å². The second-order valence-corrected chi connectivity index (χ2v) is 6.99. The van der Waals surface area contributed by atoms with Crippen LogP contribution < -0.4 is 5.32 Å². The number of anilines is 1. The summed E-state index contributed by atoms with van der Waals surface area (Å²) in [6, 6.07) is 22.1. The van der Waals surface area contributed by atoms with Crippen molar-refractivity contribution in [3.8, 4) is 11.8 Å². The number of amides is 1. The Hall–Kier alpha value is -4.37. The summed E-state index contributed by atoms with van der Waals surface area (Å²) < 4.78 is 16.0. The van der Waals surface area contributed by atoms with Gasteiger partial charge in [0, 0.05) is 33.9 Å². The first-order valence-corrected chi connectivity index (χ1v) is 9.58. The van der Waals surface area contributed by atoms with Crippen molar-refractivity contribution in [3.63, 3.8) is 0 Å². The number of halogens is 1. The molecule has 1 heterocycles. The van der Waals surface area contributed by atoms with Crippen LogP contribution in [0.4, 0.5) is 10.1 Å². The highest BCUT2D eigenvalue weighted by molar-refractivity contribution is 6.10. The first kappa shape index (κ1) is 19.9. The van der Waals surface area contributed by atoms with E-state index in [-0.39, 0.29) is 17.1 Å². The van der Waals surface area contributed by atoms with Crippen LogP contribution in [0.15, 0.2) is 84.6 Å². The Kier molecular flexibility index (Phi) is 5.50. The van der Waals surface area contributed by atoms with Gasteiger partial charge in [-0.25, -0.2) is 4.39 Å². The third kappa shape index (κ3) is 4.31. The van der Waals surface area contributed by atoms with E-state index in [1.165, 1.54) is 24.3 Å². The van der Waals surface area contributed by atoms with Gasteiger partial charge in [0.25, 0.3) is 5.91 Å². The molecule has 0 saturated carbocycles. The zero-order valence-electron chi connectivity index (χ0n) is 16.4. The van der Waals surface area contributed by atoms with Crippen LogP contribution in [0.25, 0.3) is 17.0 Å². The molecule has 31 heavy (non-hydrogen) atoms. The van der Waals surface area contributed by atoms with Gasteiger partial charge in [-0.2, -0.15) is 5.26 Å². The normalized spacial score (nSPS) is 11.3. The van der Waals surface area contributed by atoms with Gasteiger partial charge in [0.05, 0.1) is 6.54 Å². The molecule has 4 rings (SSSR count). The lowest BCUT2D eigenvalue weighted by atomic mass is 10.1. The van der Waals surface area contributed by atoms with E-state index in [1.54, 1.807) is 30.3 Å². The largest absolute Gasteiger partial charge is 0.508 e. The molecule has 0 fully saturated rings. The number of aromatic nitrogens is 1. The second-order valence-electron chi connectivity index (χ2n) is 6.99. The molecule has 6 heteroatoms. The molecule has 0 aliphatic rings. The Labute approximate surface area is 178 Å². The van der Waals surface area contributed by atoms with Crippen LogP contribution in [0.2, 0.25) is 0 Å². The predicted octanol–water partition coefficient (Wildman–Crippen LogP) is 5.08. The number of hydrogen-bond donors (Lipinski definition) is 2. The Morgan fingerprint density at radius 1 is 1.06 bits per heavy atom. The SMILES string of the molecule is N#C/C(=C\c1cn(Cc2ccccc2F)c2ccccc12)C(=O)Nc1ccc(O)cc1. The lowest BCUT2D eigenvalue weighted by Gasteiger charge is -2.06. The van der Waals surface area contributed by atoms with Gasteiger partial charge >= 0.3 is 0 Å². The molecule has 0 aliphatic heterocycles. The molecule has 0 radical (unpaired) electrons. The Bertz CT molecular complexity index is 1330. The van der Waals surface area contributed by atoms with Crippen LogP contribution in [0.3, 0.4) is 0 Å². The highest BCUT2D eigenvalue weighted by Crippen LogP contribution is 2.25.